The Bertz CT molecular complexity index is 401. The Kier molecular flexibility index (Phi) is 9.09. The van der Waals surface area contributed by atoms with Crippen molar-refractivity contribution in [3.05, 3.63) is 0 Å². The Labute approximate surface area is 137 Å². The second-order valence-electron chi connectivity index (χ2n) is 6.17. The van der Waals surface area contributed by atoms with Crippen LogP contribution < -0.4 is 16.0 Å². The number of carbonyl (C=O) groups is 3. The van der Waals surface area contributed by atoms with E-state index in [0.29, 0.717) is 19.4 Å². The lowest BCUT2D eigenvalue weighted by Crippen LogP contribution is -2.30. The van der Waals surface area contributed by atoms with Crippen molar-refractivity contribution < 1.29 is 19.5 Å². The minimum absolute atomic E-state index is 0.0624. The molecule has 0 spiro atoms. The average Bonchev–Trinajstić information content (AvgIpc) is 2.80. The molecule has 1 aliphatic rings. The maximum Gasteiger partial charge on any atom is 0.315 e. The lowest BCUT2D eigenvalue weighted by molar-refractivity contribution is -0.137. The highest BCUT2D eigenvalue weighted by molar-refractivity contribution is 5.77. The molecule has 0 aromatic heterocycles. The number of hydrogen-bond donors (Lipinski definition) is 4. The summed E-state index contributed by atoms with van der Waals surface area (Å²) < 4.78 is 0. The average molecular weight is 327 g/mol. The molecule has 3 amide bonds. The minimum atomic E-state index is -0.767. The number of hydrogen-bond acceptors (Lipinski definition) is 3. The van der Waals surface area contributed by atoms with E-state index in [1.807, 2.05) is 6.92 Å². The minimum Gasteiger partial charge on any atom is -0.481 e. The van der Waals surface area contributed by atoms with E-state index < -0.39 is 5.97 Å². The first-order valence-electron chi connectivity index (χ1n) is 8.54. The van der Waals surface area contributed by atoms with Crippen molar-refractivity contribution in [2.24, 2.45) is 0 Å². The molecule has 1 heterocycles. The van der Waals surface area contributed by atoms with Crippen LogP contribution in [0.5, 0.6) is 0 Å². The van der Waals surface area contributed by atoms with Crippen LogP contribution in [0.15, 0.2) is 0 Å². The van der Waals surface area contributed by atoms with Crippen molar-refractivity contribution in [1.82, 2.24) is 16.0 Å². The third-order valence-corrected chi connectivity index (χ3v) is 4.09. The highest BCUT2D eigenvalue weighted by Crippen LogP contribution is 2.11. The van der Waals surface area contributed by atoms with Crippen LogP contribution in [-0.4, -0.2) is 41.6 Å². The van der Waals surface area contributed by atoms with Crippen LogP contribution >= 0.6 is 0 Å². The fraction of sp³-hybridized carbons (Fsp3) is 0.812. The summed E-state index contributed by atoms with van der Waals surface area (Å²) in [7, 11) is 0. The number of unbranched alkanes of at least 4 members (excludes halogenated alkanes) is 4. The molecule has 1 saturated heterocycles. The summed E-state index contributed by atoms with van der Waals surface area (Å²) >= 11 is 0. The number of urea groups is 1. The van der Waals surface area contributed by atoms with Gasteiger partial charge in [0.1, 0.15) is 0 Å². The van der Waals surface area contributed by atoms with Crippen molar-refractivity contribution in [3.63, 3.8) is 0 Å². The number of aliphatic carboxylic acids is 1. The van der Waals surface area contributed by atoms with Gasteiger partial charge in [0, 0.05) is 25.4 Å². The van der Waals surface area contributed by atoms with E-state index in [4.69, 9.17) is 5.11 Å². The van der Waals surface area contributed by atoms with Gasteiger partial charge in [0.2, 0.25) is 5.91 Å². The summed E-state index contributed by atoms with van der Waals surface area (Å²) in [6.45, 7) is 2.61. The van der Waals surface area contributed by atoms with E-state index in [2.05, 4.69) is 16.0 Å². The first-order valence-corrected chi connectivity index (χ1v) is 8.54. The summed E-state index contributed by atoms with van der Waals surface area (Å²) in [6.07, 6.45) is 6.81. The third-order valence-electron chi connectivity index (χ3n) is 4.09. The Morgan fingerprint density at radius 2 is 1.74 bits per heavy atom. The van der Waals surface area contributed by atoms with Crippen LogP contribution in [0.1, 0.15) is 64.7 Å². The molecule has 7 nitrogen and oxygen atoms in total. The van der Waals surface area contributed by atoms with Gasteiger partial charge in [-0.1, -0.05) is 19.3 Å². The number of carbonyl (C=O) groups excluding carboxylic acids is 2. The first-order chi connectivity index (χ1) is 11.0. The van der Waals surface area contributed by atoms with E-state index in [0.717, 1.165) is 38.5 Å². The van der Waals surface area contributed by atoms with Gasteiger partial charge in [-0.15, -0.1) is 0 Å². The van der Waals surface area contributed by atoms with Gasteiger partial charge in [-0.2, -0.15) is 0 Å². The number of carboxylic acids is 1. The van der Waals surface area contributed by atoms with Gasteiger partial charge in [-0.05, 0) is 32.6 Å². The molecule has 0 unspecified atom stereocenters. The van der Waals surface area contributed by atoms with Crippen molar-refractivity contribution in [2.75, 3.05) is 6.54 Å². The lowest BCUT2D eigenvalue weighted by atomic mass is 10.0. The van der Waals surface area contributed by atoms with Gasteiger partial charge in [-0.3, -0.25) is 9.59 Å². The van der Waals surface area contributed by atoms with E-state index in [-0.39, 0.29) is 30.4 Å². The van der Waals surface area contributed by atoms with E-state index >= 15 is 0 Å². The number of rotatable bonds is 12. The van der Waals surface area contributed by atoms with E-state index in [1.54, 1.807) is 0 Å². The lowest BCUT2D eigenvalue weighted by Gasteiger charge is -2.13. The largest absolute Gasteiger partial charge is 0.481 e. The molecule has 7 heteroatoms. The molecule has 2 atom stereocenters. The highest BCUT2D eigenvalue weighted by atomic mass is 16.4. The summed E-state index contributed by atoms with van der Waals surface area (Å²) in [6, 6.07) is 0.277. The summed E-state index contributed by atoms with van der Waals surface area (Å²) in [4.78, 5) is 33.1. The van der Waals surface area contributed by atoms with Crippen molar-refractivity contribution in [1.29, 1.82) is 0 Å². The zero-order valence-corrected chi connectivity index (χ0v) is 13.9. The van der Waals surface area contributed by atoms with Crippen molar-refractivity contribution in [2.45, 2.75) is 76.8 Å². The molecule has 4 N–H and O–H groups in total. The van der Waals surface area contributed by atoms with E-state index in [1.165, 1.54) is 0 Å². The van der Waals surface area contributed by atoms with Crippen LogP contribution in [0.3, 0.4) is 0 Å². The second-order valence-corrected chi connectivity index (χ2v) is 6.17. The normalized spacial score (nSPS) is 20.0. The molecule has 0 aromatic rings. The number of nitrogens with one attached hydrogen (secondary N) is 3. The van der Waals surface area contributed by atoms with Crippen LogP contribution in [0.2, 0.25) is 0 Å². The molecular weight excluding hydrogens is 298 g/mol. The van der Waals surface area contributed by atoms with E-state index in [9.17, 15) is 14.4 Å². The monoisotopic (exact) mass is 327 g/mol. The van der Waals surface area contributed by atoms with Gasteiger partial charge in [0.25, 0.3) is 0 Å². The zero-order valence-electron chi connectivity index (χ0n) is 13.9. The summed E-state index contributed by atoms with van der Waals surface area (Å²) in [5.74, 6) is -0.705. The standard InChI is InChI=1S/C16H29N3O4/c1-12-13(19-16(23)18-12)8-4-2-5-9-14(20)17-11-7-3-6-10-15(21)22/h12-13H,2-11H2,1H3,(H,17,20)(H,21,22)(H2,18,19,23)/t12-,13+/m0/s1. The van der Waals surface area contributed by atoms with Crippen LogP contribution in [0, 0.1) is 0 Å². The highest BCUT2D eigenvalue weighted by Gasteiger charge is 2.26. The molecule has 1 rings (SSSR count). The molecule has 23 heavy (non-hydrogen) atoms. The fourth-order valence-electron chi connectivity index (χ4n) is 2.69. The number of amides is 3. The molecule has 0 aliphatic carbocycles. The summed E-state index contributed by atoms with van der Waals surface area (Å²) in [5.41, 5.74) is 0. The molecule has 0 bridgehead atoms. The Morgan fingerprint density at radius 1 is 1.04 bits per heavy atom. The van der Waals surface area contributed by atoms with Crippen molar-refractivity contribution in [3.8, 4) is 0 Å². The molecule has 0 aromatic carbocycles. The van der Waals surface area contributed by atoms with Gasteiger partial charge < -0.3 is 21.1 Å². The topological polar surface area (TPSA) is 108 Å². The van der Waals surface area contributed by atoms with Crippen LogP contribution in [0.25, 0.3) is 0 Å². The fourth-order valence-corrected chi connectivity index (χ4v) is 2.69. The van der Waals surface area contributed by atoms with Gasteiger partial charge in [0.15, 0.2) is 0 Å². The Hall–Kier alpha value is -1.79. The summed E-state index contributed by atoms with van der Waals surface area (Å²) in [5, 5.41) is 17.1. The second kappa shape index (κ2) is 10.9. The van der Waals surface area contributed by atoms with Gasteiger partial charge in [-0.25, -0.2) is 4.79 Å². The first kappa shape index (κ1) is 19.3. The Morgan fingerprint density at radius 3 is 2.39 bits per heavy atom. The maximum absolute atomic E-state index is 11.6. The molecule has 132 valence electrons. The van der Waals surface area contributed by atoms with Gasteiger partial charge in [0.05, 0.1) is 6.04 Å². The molecular formula is C16H29N3O4. The Balaban J connectivity index is 1.90. The SMILES string of the molecule is C[C@@H]1NC(=O)N[C@@H]1CCCCCC(=O)NCCCCCC(=O)O. The number of carboxylic acid groups (broad SMARTS) is 1. The smallest absolute Gasteiger partial charge is 0.315 e. The zero-order chi connectivity index (χ0) is 17.1. The molecule has 0 saturated carbocycles. The van der Waals surface area contributed by atoms with Crippen LogP contribution in [-0.2, 0) is 9.59 Å². The van der Waals surface area contributed by atoms with Gasteiger partial charge >= 0.3 is 12.0 Å². The quantitative estimate of drug-likeness (QED) is 0.410. The molecule has 1 fully saturated rings. The maximum atomic E-state index is 11.6. The van der Waals surface area contributed by atoms with Crippen molar-refractivity contribution >= 4 is 17.9 Å². The molecule has 1 aliphatic heterocycles. The predicted octanol–water partition coefficient (Wildman–Crippen LogP) is 1.77. The molecule has 0 radical (unpaired) electrons. The van der Waals surface area contributed by atoms with Crippen LogP contribution in [0.4, 0.5) is 4.79 Å². The predicted molar refractivity (Wildman–Crippen MR) is 87.1 cm³/mol. The third kappa shape index (κ3) is 9.05.